The first-order valence-corrected chi connectivity index (χ1v) is 6.27. The monoisotopic (exact) mass is 244 g/mol. The molecule has 2 amide bonds. The Kier molecular flexibility index (Phi) is 8.19. The first-order chi connectivity index (χ1) is 8.02. The number of carbonyl (C=O) groups excluding carboxylic acids is 1. The summed E-state index contributed by atoms with van der Waals surface area (Å²) in [7, 11) is 1.68. The summed E-state index contributed by atoms with van der Waals surface area (Å²) >= 11 is 0. The molecule has 0 aromatic heterocycles. The van der Waals surface area contributed by atoms with Crippen molar-refractivity contribution < 1.29 is 14.7 Å². The van der Waals surface area contributed by atoms with Gasteiger partial charge in [0.05, 0.1) is 0 Å². The van der Waals surface area contributed by atoms with Gasteiger partial charge in [0.1, 0.15) is 6.04 Å². The molecule has 0 aliphatic carbocycles. The lowest BCUT2D eigenvalue weighted by Crippen LogP contribution is -2.46. The van der Waals surface area contributed by atoms with Gasteiger partial charge in [0.25, 0.3) is 0 Å². The van der Waals surface area contributed by atoms with E-state index in [-0.39, 0.29) is 6.03 Å². The third-order valence-electron chi connectivity index (χ3n) is 2.64. The van der Waals surface area contributed by atoms with E-state index >= 15 is 0 Å². The molecule has 0 fully saturated rings. The highest BCUT2D eigenvalue weighted by Crippen LogP contribution is 2.02. The zero-order valence-electron chi connectivity index (χ0n) is 11.0. The molecule has 0 heterocycles. The molecule has 0 aliphatic heterocycles. The van der Waals surface area contributed by atoms with Gasteiger partial charge in [-0.1, -0.05) is 33.1 Å². The fraction of sp³-hybridized carbons (Fsp3) is 0.833. The van der Waals surface area contributed by atoms with Crippen LogP contribution in [0, 0.1) is 0 Å². The molecule has 17 heavy (non-hydrogen) atoms. The van der Waals surface area contributed by atoms with Crippen LogP contribution in [-0.4, -0.2) is 41.6 Å². The van der Waals surface area contributed by atoms with E-state index in [0.29, 0.717) is 13.0 Å². The molecule has 0 aliphatic rings. The van der Waals surface area contributed by atoms with Gasteiger partial charge >= 0.3 is 12.0 Å². The van der Waals surface area contributed by atoms with E-state index in [1.54, 1.807) is 7.05 Å². The Morgan fingerprint density at radius 3 is 2.29 bits per heavy atom. The number of carboxylic acid groups (broad SMARTS) is 1. The van der Waals surface area contributed by atoms with E-state index in [1.807, 2.05) is 13.8 Å². The molecule has 0 radical (unpaired) electrons. The summed E-state index contributed by atoms with van der Waals surface area (Å²) in [5.41, 5.74) is 0. The van der Waals surface area contributed by atoms with Gasteiger partial charge in [-0.3, -0.25) is 0 Å². The minimum atomic E-state index is -0.962. The molecule has 0 rings (SSSR count). The highest BCUT2D eigenvalue weighted by molar-refractivity contribution is 5.82. The maximum absolute atomic E-state index is 11.7. The van der Waals surface area contributed by atoms with Gasteiger partial charge in [-0.25, -0.2) is 9.59 Å². The molecule has 0 aromatic rings. The lowest BCUT2D eigenvalue weighted by Gasteiger charge is -2.21. The Morgan fingerprint density at radius 1 is 1.24 bits per heavy atom. The number of hydrogen-bond donors (Lipinski definition) is 2. The van der Waals surface area contributed by atoms with Gasteiger partial charge in [-0.05, 0) is 12.8 Å². The van der Waals surface area contributed by atoms with E-state index < -0.39 is 12.0 Å². The second kappa shape index (κ2) is 8.84. The van der Waals surface area contributed by atoms with E-state index in [2.05, 4.69) is 5.32 Å². The van der Waals surface area contributed by atoms with Crippen LogP contribution >= 0.6 is 0 Å². The number of aliphatic carboxylic acids is 1. The number of nitrogens with zero attached hydrogens (tertiary/aromatic N) is 1. The quantitative estimate of drug-likeness (QED) is 0.686. The van der Waals surface area contributed by atoms with Gasteiger partial charge in [-0.2, -0.15) is 0 Å². The molecule has 100 valence electrons. The van der Waals surface area contributed by atoms with Gasteiger partial charge < -0.3 is 15.3 Å². The summed E-state index contributed by atoms with van der Waals surface area (Å²) in [4.78, 5) is 24.2. The van der Waals surface area contributed by atoms with Gasteiger partial charge in [0, 0.05) is 13.6 Å². The van der Waals surface area contributed by atoms with Gasteiger partial charge in [0.2, 0.25) is 0 Å². The van der Waals surface area contributed by atoms with Crippen molar-refractivity contribution in [3.05, 3.63) is 0 Å². The molecule has 0 bridgehead atoms. The summed E-state index contributed by atoms with van der Waals surface area (Å²) in [5.74, 6) is -0.962. The van der Waals surface area contributed by atoms with Crippen LogP contribution in [-0.2, 0) is 4.79 Å². The largest absolute Gasteiger partial charge is 0.480 e. The zero-order valence-corrected chi connectivity index (χ0v) is 11.0. The molecule has 5 heteroatoms. The molecule has 1 unspecified atom stereocenters. The lowest BCUT2D eigenvalue weighted by atomic mass is 10.1. The molecular weight excluding hydrogens is 220 g/mol. The zero-order chi connectivity index (χ0) is 13.3. The maximum atomic E-state index is 11.7. The minimum absolute atomic E-state index is 0.304. The van der Waals surface area contributed by atoms with Crippen LogP contribution in [0.3, 0.4) is 0 Å². The SMILES string of the molecule is CCCCC(NC(=O)N(C)CCCC)C(=O)O. The highest BCUT2D eigenvalue weighted by Gasteiger charge is 2.20. The van der Waals surface area contributed by atoms with Crippen LogP contribution in [0.5, 0.6) is 0 Å². The average Bonchev–Trinajstić information content (AvgIpc) is 2.30. The first kappa shape index (κ1) is 15.7. The summed E-state index contributed by atoms with van der Waals surface area (Å²) in [5, 5.41) is 11.5. The normalized spacial score (nSPS) is 11.9. The number of unbranched alkanes of at least 4 members (excludes halogenated alkanes) is 2. The third kappa shape index (κ3) is 6.81. The average molecular weight is 244 g/mol. The Morgan fingerprint density at radius 2 is 1.82 bits per heavy atom. The van der Waals surface area contributed by atoms with Crippen molar-refractivity contribution in [2.75, 3.05) is 13.6 Å². The van der Waals surface area contributed by atoms with Crippen LogP contribution in [0.4, 0.5) is 4.79 Å². The molecule has 0 spiro atoms. The molecule has 0 aromatic carbocycles. The Labute approximate surface area is 103 Å². The maximum Gasteiger partial charge on any atom is 0.326 e. The van der Waals surface area contributed by atoms with Crippen molar-refractivity contribution in [1.82, 2.24) is 10.2 Å². The highest BCUT2D eigenvalue weighted by atomic mass is 16.4. The number of rotatable bonds is 8. The van der Waals surface area contributed by atoms with Crippen molar-refractivity contribution in [3.63, 3.8) is 0 Å². The van der Waals surface area contributed by atoms with Crippen LogP contribution in [0.2, 0.25) is 0 Å². The van der Waals surface area contributed by atoms with Crippen LogP contribution < -0.4 is 5.32 Å². The number of carboxylic acids is 1. The smallest absolute Gasteiger partial charge is 0.326 e. The molecule has 1 atom stereocenters. The van der Waals surface area contributed by atoms with Crippen LogP contribution in [0.15, 0.2) is 0 Å². The number of urea groups is 1. The Balaban J connectivity index is 4.15. The lowest BCUT2D eigenvalue weighted by molar-refractivity contribution is -0.139. The molecule has 5 nitrogen and oxygen atoms in total. The van der Waals surface area contributed by atoms with Gasteiger partial charge in [-0.15, -0.1) is 0 Å². The van der Waals surface area contributed by atoms with Crippen molar-refractivity contribution in [1.29, 1.82) is 0 Å². The third-order valence-corrected chi connectivity index (χ3v) is 2.64. The van der Waals surface area contributed by atoms with Crippen LogP contribution in [0.1, 0.15) is 46.0 Å². The first-order valence-electron chi connectivity index (χ1n) is 6.27. The minimum Gasteiger partial charge on any atom is -0.480 e. The van der Waals surface area contributed by atoms with Crippen molar-refractivity contribution >= 4 is 12.0 Å². The second-order valence-corrected chi connectivity index (χ2v) is 4.26. The number of nitrogens with one attached hydrogen (secondary N) is 1. The fourth-order valence-electron chi connectivity index (χ4n) is 1.42. The molecule has 2 N–H and O–H groups in total. The second-order valence-electron chi connectivity index (χ2n) is 4.26. The fourth-order valence-corrected chi connectivity index (χ4v) is 1.42. The molecule has 0 saturated heterocycles. The number of hydrogen-bond acceptors (Lipinski definition) is 2. The van der Waals surface area contributed by atoms with E-state index in [9.17, 15) is 9.59 Å². The van der Waals surface area contributed by atoms with E-state index in [1.165, 1.54) is 4.90 Å². The summed E-state index contributed by atoms with van der Waals surface area (Å²) in [6, 6.07) is -1.08. The predicted molar refractivity (Wildman–Crippen MR) is 67.0 cm³/mol. The summed E-state index contributed by atoms with van der Waals surface area (Å²) in [6.45, 7) is 4.70. The Bertz CT molecular complexity index is 244. The van der Waals surface area contributed by atoms with E-state index in [4.69, 9.17) is 5.11 Å². The molecular formula is C12H24N2O3. The summed E-state index contributed by atoms with van der Waals surface area (Å²) in [6.07, 6.45) is 4.15. The summed E-state index contributed by atoms with van der Waals surface area (Å²) < 4.78 is 0. The van der Waals surface area contributed by atoms with Gasteiger partial charge in [0.15, 0.2) is 0 Å². The molecule has 0 saturated carbocycles. The van der Waals surface area contributed by atoms with Crippen molar-refractivity contribution in [3.8, 4) is 0 Å². The predicted octanol–water partition coefficient (Wildman–Crippen LogP) is 2.07. The topological polar surface area (TPSA) is 69.6 Å². The number of amides is 2. The van der Waals surface area contributed by atoms with Crippen molar-refractivity contribution in [2.24, 2.45) is 0 Å². The van der Waals surface area contributed by atoms with E-state index in [0.717, 1.165) is 25.7 Å². The standard InChI is InChI=1S/C12H24N2O3/c1-4-6-8-10(11(15)16)13-12(17)14(3)9-7-5-2/h10H,4-9H2,1-3H3,(H,13,17)(H,15,16). The van der Waals surface area contributed by atoms with Crippen molar-refractivity contribution in [2.45, 2.75) is 52.0 Å². The Hall–Kier alpha value is -1.26. The van der Waals surface area contributed by atoms with Crippen LogP contribution in [0.25, 0.3) is 0 Å². The number of carbonyl (C=O) groups is 2.